The molecule has 1 aliphatic heterocycles. The number of aryl methyl sites for hydroxylation is 1. The molecule has 1 amide bonds. The number of benzene rings is 1. The molecule has 0 bridgehead atoms. The highest BCUT2D eigenvalue weighted by molar-refractivity contribution is 5.99. The Morgan fingerprint density at radius 3 is 2.39 bits per heavy atom. The summed E-state index contributed by atoms with van der Waals surface area (Å²) in [5.74, 6) is 0.229. The maximum absolute atomic E-state index is 12.5. The van der Waals surface area contributed by atoms with Gasteiger partial charge in [0, 0.05) is 18.7 Å². The lowest BCUT2D eigenvalue weighted by atomic mass is 9.98. The molecule has 23 heavy (non-hydrogen) atoms. The lowest BCUT2D eigenvalue weighted by Gasteiger charge is -2.30. The highest BCUT2D eigenvalue weighted by Crippen LogP contribution is 2.19. The third-order valence-electron chi connectivity index (χ3n) is 4.34. The van der Waals surface area contributed by atoms with Gasteiger partial charge in [-0.05, 0) is 37.3 Å². The van der Waals surface area contributed by atoms with Crippen molar-refractivity contribution >= 4 is 18.0 Å². The predicted octanol–water partition coefficient (Wildman–Crippen LogP) is 3.20. The second kappa shape index (κ2) is 7.95. The highest BCUT2D eigenvalue weighted by atomic mass is 16.5. The van der Waals surface area contributed by atoms with E-state index in [1.165, 1.54) is 7.11 Å². The Kier molecular flexibility index (Phi) is 5.97. The first-order chi connectivity index (χ1) is 11.0. The normalized spacial score (nSPS) is 16.3. The third-order valence-corrected chi connectivity index (χ3v) is 4.34. The minimum absolute atomic E-state index is 0.000613. The van der Waals surface area contributed by atoms with Crippen LogP contribution in [0.1, 0.15) is 37.3 Å². The number of rotatable bonds is 4. The third kappa shape index (κ3) is 4.95. The van der Waals surface area contributed by atoms with Crippen molar-refractivity contribution in [3.8, 4) is 0 Å². The second-order valence-corrected chi connectivity index (χ2v) is 6.31. The van der Waals surface area contributed by atoms with E-state index in [9.17, 15) is 9.59 Å². The fraction of sp³-hybridized carbons (Fsp3) is 0.474. The first kappa shape index (κ1) is 17.3. The molecule has 1 fully saturated rings. The monoisotopic (exact) mass is 315 g/mol. The van der Waals surface area contributed by atoms with E-state index in [-0.39, 0.29) is 12.3 Å². The summed E-state index contributed by atoms with van der Waals surface area (Å²) in [5.41, 5.74) is 2.45. The van der Waals surface area contributed by atoms with Crippen LogP contribution in [-0.4, -0.2) is 37.0 Å². The lowest BCUT2D eigenvalue weighted by molar-refractivity contribution is -0.139. The molecule has 1 aromatic carbocycles. The smallest absolute Gasteiger partial charge is 0.334 e. The van der Waals surface area contributed by atoms with Gasteiger partial charge in [-0.2, -0.15) is 0 Å². The van der Waals surface area contributed by atoms with Crippen molar-refractivity contribution < 1.29 is 14.3 Å². The summed E-state index contributed by atoms with van der Waals surface area (Å²) in [5, 5.41) is 0. The zero-order valence-electron chi connectivity index (χ0n) is 14.2. The van der Waals surface area contributed by atoms with Crippen LogP contribution in [0.4, 0.5) is 0 Å². The van der Waals surface area contributed by atoms with E-state index in [2.05, 4.69) is 6.92 Å². The molecule has 0 aromatic heterocycles. The molecule has 0 spiro atoms. The molecule has 0 aliphatic carbocycles. The van der Waals surface area contributed by atoms with Crippen molar-refractivity contribution in [3.05, 3.63) is 41.0 Å². The largest absolute Gasteiger partial charge is 0.466 e. The summed E-state index contributed by atoms with van der Waals surface area (Å²) in [7, 11) is 1.35. The fourth-order valence-electron chi connectivity index (χ4n) is 2.71. The van der Waals surface area contributed by atoms with Crippen molar-refractivity contribution in [1.82, 2.24) is 4.90 Å². The molecule has 1 aliphatic rings. The zero-order chi connectivity index (χ0) is 16.8. The topological polar surface area (TPSA) is 46.6 Å². The van der Waals surface area contributed by atoms with E-state index in [4.69, 9.17) is 4.74 Å². The molecule has 4 nitrogen and oxygen atoms in total. The molecule has 1 aromatic rings. The minimum atomic E-state index is -0.440. The number of esters is 1. The Morgan fingerprint density at radius 1 is 1.22 bits per heavy atom. The standard InChI is InChI=1S/C19H25NO3/c1-14-4-6-16(7-5-14)12-17(19(22)23-3)13-18(21)20-10-8-15(2)9-11-20/h4-7,12,15H,8-11,13H2,1-3H3/b17-12+. The van der Waals surface area contributed by atoms with Crippen LogP contribution in [0.25, 0.3) is 6.08 Å². The van der Waals surface area contributed by atoms with Crippen LogP contribution in [0.5, 0.6) is 0 Å². The molecule has 0 saturated carbocycles. The Hall–Kier alpha value is -2.10. The number of hydrogen-bond donors (Lipinski definition) is 0. The number of hydrogen-bond acceptors (Lipinski definition) is 3. The van der Waals surface area contributed by atoms with Crippen LogP contribution in [0.3, 0.4) is 0 Å². The van der Waals surface area contributed by atoms with Gasteiger partial charge < -0.3 is 9.64 Å². The number of ether oxygens (including phenoxy) is 1. The molecule has 2 rings (SSSR count). The van der Waals surface area contributed by atoms with Crippen LogP contribution in [0.2, 0.25) is 0 Å². The molecular weight excluding hydrogens is 290 g/mol. The predicted molar refractivity (Wildman–Crippen MR) is 90.8 cm³/mol. The number of carbonyl (C=O) groups is 2. The van der Waals surface area contributed by atoms with Crippen molar-refractivity contribution in [1.29, 1.82) is 0 Å². The molecule has 0 atom stereocenters. The van der Waals surface area contributed by atoms with Crippen molar-refractivity contribution in [2.75, 3.05) is 20.2 Å². The molecule has 0 radical (unpaired) electrons. The van der Waals surface area contributed by atoms with Gasteiger partial charge in [0.25, 0.3) is 0 Å². The van der Waals surface area contributed by atoms with Crippen LogP contribution < -0.4 is 0 Å². The van der Waals surface area contributed by atoms with E-state index in [0.717, 1.165) is 37.1 Å². The van der Waals surface area contributed by atoms with Gasteiger partial charge in [-0.1, -0.05) is 36.8 Å². The Balaban J connectivity index is 2.11. The Morgan fingerprint density at radius 2 is 1.83 bits per heavy atom. The summed E-state index contributed by atoms with van der Waals surface area (Å²) < 4.78 is 4.84. The molecule has 124 valence electrons. The van der Waals surface area contributed by atoms with E-state index < -0.39 is 5.97 Å². The summed E-state index contributed by atoms with van der Waals surface area (Å²) >= 11 is 0. The van der Waals surface area contributed by atoms with Crippen LogP contribution in [0, 0.1) is 12.8 Å². The first-order valence-electron chi connectivity index (χ1n) is 8.13. The van der Waals surface area contributed by atoms with Crippen LogP contribution in [-0.2, 0) is 14.3 Å². The molecule has 0 N–H and O–H groups in total. The van der Waals surface area contributed by atoms with Gasteiger partial charge in [-0.3, -0.25) is 4.79 Å². The zero-order valence-corrected chi connectivity index (χ0v) is 14.2. The van der Waals surface area contributed by atoms with Gasteiger partial charge >= 0.3 is 5.97 Å². The van der Waals surface area contributed by atoms with Crippen molar-refractivity contribution in [2.45, 2.75) is 33.1 Å². The molecule has 0 unspecified atom stereocenters. The Labute approximate surface area is 138 Å². The maximum atomic E-state index is 12.5. The van der Waals surface area contributed by atoms with Crippen molar-refractivity contribution in [2.24, 2.45) is 5.92 Å². The molecule has 4 heteroatoms. The lowest BCUT2D eigenvalue weighted by Crippen LogP contribution is -2.38. The summed E-state index contributed by atoms with van der Waals surface area (Å²) in [6.45, 7) is 5.77. The van der Waals surface area contributed by atoms with Gasteiger partial charge in [-0.15, -0.1) is 0 Å². The summed E-state index contributed by atoms with van der Waals surface area (Å²) in [6.07, 6.45) is 3.90. The van der Waals surface area contributed by atoms with E-state index >= 15 is 0 Å². The van der Waals surface area contributed by atoms with Crippen LogP contribution >= 0.6 is 0 Å². The van der Waals surface area contributed by atoms with Gasteiger partial charge in [0.2, 0.25) is 5.91 Å². The van der Waals surface area contributed by atoms with Gasteiger partial charge in [-0.25, -0.2) is 4.79 Å². The average Bonchev–Trinajstić information content (AvgIpc) is 2.56. The van der Waals surface area contributed by atoms with Crippen molar-refractivity contribution in [3.63, 3.8) is 0 Å². The number of carbonyl (C=O) groups excluding carboxylic acids is 2. The van der Waals surface area contributed by atoms with Gasteiger partial charge in [0.1, 0.15) is 0 Å². The number of amides is 1. The second-order valence-electron chi connectivity index (χ2n) is 6.31. The highest BCUT2D eigenvalue weighted by Gasteiger charge is 2.23. The first-order valence-corrected chi connectivity index (χ1v) is 8.13. The van der Waals surface area contributed by atoms with Gasteiger partial charge in [0.15, 0.2) is 0 Å². The average molecular weight is 315 g/mol. The quantitative estimate of drug-likeness (QED) is 0.633. The summed E-state index contributed by atoms with van der Waals surface area (Å²) in [6, 6.07) is 7.83. The number of likely N-dealkylation sites (tertiary alicyclic amines) is 1. The van der Waals surface area contributed by atoms with E-state index in [1.807, 2.05) is 36.1 Å². The number of nitrogens with zero attached hydrogens (tertiary/aromatic N) is 1. The minimum Gasteiger partial charge on any atom is -0.466 e. The Bertz CT molecular complexity index is 581. The molecule has 1 heterocycles. The molecular formula is C19H25NO3. The summed E-state index contributed by atoms with van der Waals surface area (Å²) in [4.78, 5) is 26.3. The number of methoxy groups -OCH3 is 1. The van der Waals surface area contributed by atoms with E-state index in [1.54, 1.807) is 6.08 Å². The maximum Gasteiger partial charge on any atom is 0.334 e. The number of piperidine rings is 1. The molecule has 1 saturated heterocycles. The van der Waals surface area contributed by atoms with Gasteiger partial charge in [0.05, 0.1) is 13.5 Å². The van der Waals surface area contributed by atoms with Crippen LogP contribution in [0.15, 0.2) is 29.8 Å². The SMILES string of the molecule is COC(=O)/C(=C/c1ccc(C)cc1)CC(=O)N1CCC(C)CC1. The van der Waals surface area contributed by atoms with E-state index in [0.29, 0.717) is 11.5 Å². The fourth-order valence-corrected chi connectivity index (χ4v) is 2.71.